The van der Waals surface area contributed by atoms with Crippen LogP contribution in [0.15, 0.2) is 35.5 Å². The maximum absolute atomic E-state index is 4.78. The molecule has 1 saturated heterocycles. The van der Waals surface area contributed by atoms with Crippen LogP contribution in [0, 0.1) is 0 Å². The maximum atomic E-state index is 4.78. The summed E-state index contributed by atoms with van der Waals surface area (Å²) in [7, 11) is 2.18. The molecule has 3 nitrogen and oxygen atoms in total. The van der Waals surface area contributed by atoms with Gasteiger partial charge in [0, 0.05) is 42.4 Å². The topological polar surface area (TPSA) is 31.4 Å². The van der Waals surface area contributed by atoms with Crippen LogP contribution in [-0.4, -0.2) is 42.3 Å². The number of piperidine rings is 1. The van der Waals surface area contributed by atoms with Crippen molar-refractivity contribution in [3.8, 4) is 0 Å². The highest BCUT2D eigenvalue weighted by molar-refractivity contribution is 5.85. The zero-order valence-electron chi connectivity index (χ0n) is 11.5. The SMILES string of the molecule is CN1CCC(=NCCc2c[nH]c3ccccc23)CC1. The zero-order valence-corrected chi connectivity index (χ0v) is 11.5. The summed E-state index contributed by atoms with van der Waals surface area (Å²) < 4.78 is 0. The van der Waals surface area contributed by atoms with Gasteiger partial charge in [-0.2, -0.15) is 0 Å². The number of nitrogens with zero attached hydrogens (tertiary/aromatic N) is 2. The number of aromatic nitrogens is 1. The quantitative estimate of drug-likeness (QED) is 0.898. The molecule has 19 heavy (non-hydrogen) atoms. The van der Waals surface area contributed by atoms with E-state index in [1.165, 1.54) is 22.2 Å². The van der Waals surface area contributed by atoms with Gasteiger partial charge in [-0.15, -0.1) is 0 Å². The van der Waals surface area contributed by atoms with Crippen LogP contribution in [0.3, 0.4) is 0 Å². The van der Waals surface area contributed by atoms with Crippen molar-refractivity contribution in [2.45, 2.75) is 19.3 Å². The van der Waals surface area contributed by atoms with Crippen molar-refractivity contribution in [3.05, 3.63) is 36.0 Å². The fraction of sp³-hybridized carbons (Fsp3) is 0.438. The van der Waals surface area contributed by atoms with Crippen LogP contribution in [0.2, 0.25) is 0 Å². The third-order valence-corrected chi connectivity index (χ3v) is 3.96. The molecule has 1 aromatic heterocycles. The van der Waals surface area contributed by atoms with Crippen LogP contribution in [0.1, 0.15) is 18.4 Å². The standard InChI is InChI=1S/C16H21N3/c1-19-10-7-14(8-11-19)17-9-6-13-12-18-16-5-3-2-4-15(13)16/h2-5,12,18H,6-11H2,1H3. The Hall–Kier alpha value is -1.61. The molecular weight excluding hydrogens is 234 g/mol. The van der Waals surface area contributed by atoms with Gasteiger partial charge < -0.3 is 9.88 Å². The molecule has 0 saturated carbocycles. The fourth-order valence-corrected chi connectivity index (χ4v) is 2.71. The Morgan fingerprint density at radius 3 is 2.84 bits per heavy atom. The highest BCUT2D eigenvalue weighted by atomic mass is 15.1. The van der Waals surface area contributed by atoms with Crippen molar-refractivity contribution >= 4 is 16.6 Å². The molecule has 100 valence electrons. The molecule has 3 rings (SSSR count). The normalized spacial score (nSPS) is 17.0. The van der Waals surface area contributed by atoms with E-state index in [4.69, 9.17) is 4.99 Å². The first-order chi connectivity index (χ1) is 9.33. The van der Waals surface area contributed by atoms with Crippen molar-refractivity contribution in [3.63, 3.8) is 0 Å². The molecule has 0 atom stereocenters. The van der Waals surface area contributed by atoms with Gasteiger partial charge in [-0.1, -0.05) is 18.2 Å². The average molecular weight is 255 g/mol. The molecular formula is C16H21N3. The Bertz CT molecular complexity index is 572. The number of aromatic amines is 1. The van der Waals surface area contributed by atoms with E-state index in [0.717, 1.165) is 38.9 Å². The molecule has 0 unspecified atom stereocenters. The maximum Gasteiger partial charge on any atom is 0.0456 e. The second-order valence-electron chi connectivity index (χ2n) is 5.36. The van der Waals surface area contributed by atoms with Gasteiger partial charge >= 0.3 is 0 Å². The Kier molecular flexibility index (Phi) is 3.65. The number of H-pyrrole nitrogens is 1. The van der Waals surface area contributed by atoms with E-state index in [-0.39, 0.29) is 0 Å². The lowest BCUT2D eigenvalue weighted by Crippen LogP contribution is -2.30. The van der Waals surface area contributed by atoms with Gasteiger partial charge in [-0.3, -0.25) is 4.99 Å². The number of benzene rings is 1. The predicted molar refractivity (Wildman–Crippen MR) is 81.0 cm³/mol. The van der Waals surface area contributed by atoms with Crippen LogP contribution in [0.4, 0.5) is 0 Å². The molecule has 0 spiro atoms. The lowest BCUT2D eigenvalue weighted by atomic mass is 10.1. The molecule has 3 heteroatoms. The number of hydrogen-bond acceptors (Lipinski definition) is 2. The minimum atomic E-state index is 0.918. The average Bonchev–Trinajstić information content (AvgIpc) is 2.85. The summed E-state index contributed by atoms with van der Waals surface area (Å²) in [5.74, 6) is 0. The van der Waals surface area contributed by atoms with Crippen LogP contribution in [-0.2, 0) is 6.42 Å². The van der Waals surface area contributed by atoms with Gasteiger partial charge in [-0.25, -0.2) is 0 Å². The number of fused-ring (bicyclic) bond motifs is 1. The van der Waals surface area contributed by atoms with Crippen molar-refractivity contribution in [1.82, 2.24) is 9.88 Å². The molecule has 0 aliphatic carbocycles. The summed E-state index contributed by atoms with van der Waals surface area (Å²) in [6.07, 6.45) is 5.44. The molecule has 1 aliphatic rings. The first kappa shape index (κ1) is 12.4. The highest BCUT2D eigenvalue weighted by Gasteiger charge is 2.10. The zero-order chi connectivity index (χ0) is 13.1. The Balaban J connectivity index is 1.62. The van der Waals surface area contributed by atoms with E-state index in [1.807, 2.05) is 0 Å². The molecule has 1 fully saturated rings. The Morgan fingerprint density at radius 1 is 1.21 bits per heavy atom. The second-order valence-corrected chi connectivity index (χ2v) is 5.36. The smallest absolute Gasteiger partial charge is 0.0456 e. The van der Waals surface area contributed by atoms with Crippen molar-refractivity contribution in [2.75, 3.05) is 26.7 Å². The summed E-state index contributed by atoms with van der Waals surface area (Å²) in [4.78, 5) is 10.5. The highest BCUT2D eigenvalue weighted by Crippen LogP contribution is 2.18. The largest absolute Gasteiger partial charge is 0.361 e. The molecule has 1 N–H and O–H groups in total. The van der Waals surface area contributed by atoms with Crippen molar-refractivity contribution in [1.29, 1.82) is 0 Å². The van der Waals surface area contributed by atoms with E-state index in [0.29, 0.717) is 0 Å². The number of likely N-dealkylation sites (tertiary alicyclic amines) is 1. The van der Waals surface area contributed by atoms with Gasteiger partial charge in [0.25, 0.3) is 0 Å². The molecule has 0 radical (unpaired) electrons. The Labute approximate surface area is 114 Å². The molecule has 0 amide bonds. The fourth-order valence-electron chi connectivity index (χ4n) is 2.71. The minimum absolute atomic E-state index is 0.918. The summed E-state index contributed by atoms with van der Waals surface area (Å²) in [5.41, 5.74) is 4.01. The monoisotopic (exact) mass is 255 g/mol. The van der Waals surface area contributed by atoms with Crippen LogP contribution >= 0.6 is 0 Å². The van der Waals surface area contributed by atoms with Crippen molar-refractivity contribution < 1.29 is 0 Å². The summed E-state index contributed by atoms with van der Waals surface area (Å²) in [5, 5.41) is 1.34. The van der Waals surface area contributed by atoms with Gasteiger partial charge in [0.2, 0.25) is 0 Å². The first-order valence-electron chi connectivity index (χ1n) is 7.08. The van der Waals surface area contributed by atoms with Gasteiger partial charge in [0.15, 0.2) is 0 Å². The number of hydrogen-bond donors (Lipinski definition) is 1. The van der Waals surface area contributed by atoms with E-state index >= 15 is 0 Å². The second kappa shape index (κ2) is 5.57. The molecule has 0 bridgehead atoms. The van der Waals surface area contributed by atoms with E-state index < -0.39 is 0 Å². The first-order valence-corrected chi connectivity index (χ1v) is 7.08. The molecule has 2 heterocycles. The van der Waals surface area contributed by atoms with Crippen LogP contribution in [0.25, 0.3) is 10.9 Å². The van der Waals surface area contributed by atoms with Crippen LogP contribution in [0.5, 0.6) is 0 Å². The molecule has 1 aromatic carbocycles. The number of rotatable bonds is 3. The molecule has 2 aromatic rings. The lowest BCUT2D eigenvalue weighted by Gasteiger charge is -2.23. The minimum Gasteiger partial charge on any atom is -0.361 e. The third-order valence-electron chi connectivity index (χ3n) is 3.96. The van der Waals surface area contributed by atoms with Gasteiger partial charge in [0.1, 0.15) is 0 Å². The predicted octanol–water partition coefficient (Wildman–Crippen LogP) is 2.88. The van der Waals surface area contributed by atoms with Gasteiger partial charge in [0.05, 0.1) is 0 Å². The van der Waals surface area contributed by atoms with E-state index in [1.54, 1.807) is 0 Å². The van der Waals surface area contributed by atoms with Gasteiger partial charge in [-0.05, 0) is 37.9 Å². The number of para-hydroxylation sites is 1. The number of nitrogens with one attached hydrogen (secondary N) is 1. The summed E-state index contributed by atoms with van der Waals surface area (Å²) >= 11 is 0. The Morgan fingerprint density at radius 2 is 2.00 bits per heavy atom. The molecule has 1 aliphatic heterocycles. The number of aliphatic imine (C=N–C) groups is 1. The third kappa shape index (κ3) is 2.87. The van der Waals surface area contributed by atoms with E-state index in [2.05, 4.69) is 47.4 Å². The van der Waals surface area contributed by atoms with Crippen molar-refractivity contribution in [2.24, 2.45) is 4.99 Å². The lowest BCUT2D eigenvalue weighted by molar-refractivity contribution is 0.336. The summed E-state index contributed by atoms with van der Waals surface area (Å²) in [6.45, 7) is 3.23. The van der Waals surface area contributed by atoms with Crippen LogP contribution < -0.4 is 0 Å². The summed E-state index contributed by atoms with van der Waals surface area (Å²) in [6, 6.07) is 8.48. The van der Waals surface area contributed by atoms with E-state index in [9.17, 15) is 0 Å².